The van der Waals surface area contributed by atoms with Gasteiger partial charge in [-0.2, -0.15) is 0 Å². The zero-order chi connectivity index (χ0) is 13.2. The van der Waals surface area contributed by atoms with Gasteiger partial charge in [0.1, 0.15) is 0 Å². The summed E-state index contributed by atoms with van der Waals surface area (Å²) in [6, 6.07) is 0.746. The maximum absolute atomic E-state index is 5.65. The predicted octanol–water partition coefficient (Wildman–Crippen LogP) is 4.00. The molecular weight excluding hydrogens is 222 g/mol. The summed E-state index contributed by atoms with van der Waals surface area (Å²) in [6.45, 7) is 9.65. The van der Waals surface area contributed by atoms with E-state index >= 15 is 0 Å². The molecule has 0 heterocycles. The van der Waals surface area contributed by atoms with Crippen LogP contribution in [-0.2, 0) is 4.74 Å². The van der Waals surface area contributed by atoms with E-state index in [0.717, 1.165) is 37.6 Å². The van der Waals surface area contributed by atoms with Crippen LogP contribution in [-0.4, -0.2) is 25.8 Å². The highest BCUT2D eigenvalue weighted by Crippen LogP contribution is 2.25. The van der Waals surface area contributed by atoms with Crippen LogP contribution in [0.3, 0.4) is 0 Å². The lowest BCUT2D eigenvalue weighted by Crippen LogP contribution is -2.31. The third-order valence-corrected chi connectivity index (χ3v) is 4.18. The Balaban J connectivity index is 1.98. The van der Waals surface area contributed by atoms with Crippen molar-refractivity contribution < 1.29 is 4.74 Å². The molecule has 0 radical (unpaired) electrons. The maximum Gasteiger partial charge on any atom is 0.0591 e. The van der Waals surface area contributed by atoms with Crippen molar-refractivity contribution >= 4 is 0 Å². The Morgan fingerprint density at radius 1 is 1.11 bits per heavy atom. The van der Waals surface area contributed by atoms with Gasteiger partial charge in [-0.05, 0) is 37.5 Å². The van der Waals surface area contributed by atoms with Gasteiger partial charge in [0, 0.05) is 19.2 Å². The van der Waals surface area contributed by atoms with Crippen molar-refractivity contribution in [3.8, 4) is 0 Å². The zero-order valence-corrected chi connectivity index (χ0v) is 12.7. The van der Waals surface area contributed by atoms with Crippen molar-refractivity contribution in [1.82, 2.24) is 5.32 Å². The van der Waals surface area contributed by atoms with Crippen LogP contribution in [0.15, 0.2) is 0 Å². The van der Waals surface area contributed by atoms with Crippen molar-refractivity contribution in [1.29, 1.82) is 0 Å². The second-order valence-electron chi connectivity index (χ2n) is 6.23. The smallest absolute Gasteiger partial charge is 0.0591 e. The highest BCUT2D eigenvalue weighted by molar-refractivity contribution is 4.74. The first-order valence-electron chi connectivity index (χ1n) is 8.03. The molecule has 2 heteroatoms. The molecule has 108 valence electrons. The Labute approximate surface area is 114 Å². The molecule has 0 aromatic heterocycles. The summed E-state index contributed by atoms with van der Waals surface area (Å²) in [4.78, 5) is 0. The molecule has 1 aliphatic carbocycles. The van der Waals surface area contributed by atoms with Gasteiger partial charge in [-0.1, -0.05) is 40.0 Å². The van der Waals surface area contributed by atoms with Crippen molar-refractivity contribution in [2.75, 3.05) is 19.8 Å². The first-order chi connectivity index (χ1) is 8.72. The van der Waals surface area contributed by atoms with Crippen LogP contribution in [0.2, 0.25) is 0 Å². The fourth-order valence-electron chi connectivity index (χ4n) is 2.75. The molecule has 0 aromatic rings. The van der Waals surface area contributed by atoms with Gasteiger partial charge in [-0.15, -0.1) is 0 Å². The van der Waals surface area contributed by atoms with Gasteiger partial charge in [0.25, 0.3) is 0 Å². The van der Waals surface area contributed by atoms with Crippen LogP contribution in [0.1, 0.15) is 65.7 Å². The van der Waals surface area contributed by atoms with Crippen LogP contribution in [0.25, 0.3) is 0 Å². The van der Waals surface area contributed by atoms with E-state index < -0.39 is 0 Å². The van der Waals surface area contributed by atoms with E-state index in [0.29, 0.717) is 0 Å². The minimum absolute atomic E-state index is 0.746. The van der Waals surface area contributed by atoms with Gasteiger partial charge >= 0.3 is 0 Å². The van der Waals surface area contributed by atoms with E-state index in [1.165, 1.54) is 44.9 Å². The summed E-state index contributed by atoms with van der Waals surface area (Å²) >= 11 is 0. The molecule has 2 unspecified atom stereocenters. The topological polar surface area (TPSA) is 21.3 Å². The lowest BCUT2D eigenvalue weighted by atomic mass is 9.98. The van der Waals surface area contributed by atoms with Crippen LogP contribution >= 0.6 is 0 Å². The molecule has 0 bridgehead atoms. The fourth-order valence-corrected chi connectivity index (χ4v) is 2.75. The number of ether oxygens (including phenoxy) is 1. The second kappa shape index (κ2) is 9.80. The summed E-state index contributed by atoms with van der Waals surface area (Å²) in [5, 5.41) is 3.67. The molecule has 2 nitrogen and oxygen atoms in total. The molecule has 0 aromatic carbocycles. The van der Waals surface area contributed by atoms with Gasteiger partial charge < -0.3 is 10.1 Å². The van der Waals surface area contributed by atoms with E-state index in [1.807, 2.05) is 0 Å². The molecule has 0 amide bonds. The molecular formula is C16H33NO. The van der Waals surface area contributed by atoms with E-state index in [2.05, 4.69) is 26.1 Å². The Morgan fingerprint density at radius 3 is 2.67 bits per heavy atom. The Morgan fingerprint density at radius 2 is 1.94 bits per heavy atom. The summed E-state index contributed by atoms with van der Waals surface area (Å²) in [6.07, 6.45) is 9.55. The molecule has 18 heavy (non-hydrogen) atoms. The van der Waals surface area contributed by atoms with Gasteiger partial charge in [0.2, 0.25) is 0 Å². The Hall–Kier alpha value is -0.0800. The van der Waals surface area contributed by atoms with E-state index in [1.54, 1.807) is 0 Å². The second-order valence-corrected chi connectivity index (χ2v) is 6.23. The fraction of sp³-hybridized carbons (Fsp3) is 1.00. The number of hydrogen-bond donors (Lipinski definition) is 1. The van der Waals surface area contributed by atoms with Crippen molar-refractivity contribution in [3.63, 3.8) is 0 Å². The molecule has 0 aliphatic heterocycles. The molecule has 1 saturated carbocycles. The Kier molecular flexibility index (Phi) is 8.70. The summed E-state index contributed by atoms with van der Waals surface area (Å²) in [5.74, 6) is 1.74. The van der Waals surface area contributed by atoms with Gasteiger partial charge in [-0.25, -0.2) is 0 Å². The molecule has 1 N–H and O–H groups in total. The third kappa shape index (κ3) is 7.38. The van der Waals surface area contributed by atoms with Crippen LogP contribution < -0.4 is 5.32 Å². The number of nitrogens with one attached hydrogen (secondary N) is 1. The molecule has 1 fully saturated rings. The standard InChI is InChI=1S/C16H33NO/c1-4-15-6-5-7-16(9-8-15)17-11-13-18-12-10-14(2)3/h14-17H,4-13H2,1-3H3. The molecule has 1 rings (SSSR count). The lowest BCUT2D eigenvalue weighted by Gasteiger charge is -2.16. The van der Waals surface area contributed by atoms with Crippen LogP contribution in [0.5, 0.6) is 0 Å². The van der Waals surface area contributed by atoms with Gasteiger partial charge in [0.15, 0.2) is 0 Å². The summed E-state index contributed by atoms with van der Waals surface area (Å²) in [5.41, 5.74) is 0. The van der Waals surface area contributed by atoms with Gasteiger partial charge in [0.05, 0.1) is 6.61 Å². The van der Waals surface area contributed by atoms with Crippen LogP contribution in [0.4, 0.5) is 0 Å². The molecule has 0 spiro atoms. The highest BCUT2D eigenvalue weighted by Gasteiger charge is 2.16. The minimum atomic E-state index is 0.746. The van der Waals surface area contributed by atoms with E-state index in [4.69, 9.17) is 4.74 Å². The van der Waals surface area contributed by atoms with E-state index in [9.17, 15) is 0 Å². The summed E-state index contributed by atoms with van der Waals surface area (Å²) in [7, 11) is 0. The largest absolute Gasteiger partial charge is 0.380 e. The molecule has 0 saturated heterocycles. The quantitative estimate of drug-likeness (QED) is 0.523. The van der Waals surface area contributed by atoms with Crippen molar-refractivity contribution in [2.45, 2.75) is 71.8 Å². The Bertz CT molecular complexity index is 194. The highest BCUT2D eigenvalue weighted by atomic mass is 16.5. The van der Waals surface area contributed by atoms with E-state index in [-0.39, 0.29) is 0 Å². The first-order valence-corrected chi connectivity index (χ1v) is 8.03. The first kappa shape index (κ1) is 16.0. The van der Waals surface area contributed by atoms with Crippen molar-refractivity contribution in [3.05, 3.63) is 0 Å². The SMILES string of the molecule is CCC1CCCC(NCCOCCC(C)C)CC1. The average molecular weight is 255 g/mol. The summed E-state index contributed by atoms with van der Waals surface area (Å²) < 4.78 is 5.65. The zero-order valence-electron chi connectivity index (χ0n) is 12.7. The van der Waals surface area contributed by atoms with Crippen molar-refractivity contribution in [2.24, 2.45) is 11.8 Å². The minimum Gasteiger partial charge on any atom is -0.380 e. The van der Waals surface area contributed by atoms with Gasteiger partial charge in [-0.3, -0.25) is 0 Å². The molecule has 2 atom stereocenters. The molecule has 1 aliphatic rings. The number of rotatable bonds is 8. The van der Waals surface area contributed by atoms with Crippen LogP contribution in [0, 0.1) is 11.8 Å². The maximum atomic E-state index is 5.65. The average Bonchev–Trinajstić information content (AvgIpc) is 2.58. The lowest BCUT2D eigenvalue weighted by molar-refractivity contribution is 0.123. The third-order valence-electron chi connectivity index (χ3n) is 4.18. The monoisotopic (exact) mass is 255 g/mol. The normalized spacial score (nSPS) is 25.3. The predicted molar refractivity (Wildman–Crippen MR) is 78.9 cm³/mol. The number of hydrogen-bond acceptors (Lipinski definition) is 2.